The second-order valence-electron chi connectivity index (χ2n) is 5.93. The number of carbonyl (C=O) groups is 1. The Bertz CT molecular complexity index is 447. The Balaban J connectivity index is 1.49. The molecule has 3 N–H and O–H groups in total. The summed E-state index contributed by atoms with van der Waals surface area (Å²) in [6.07, 6.45) is 8.79. The van der Waals surface area contributed by atoms with E-state index in [4.69, 9.17) is 0 Å². The van der Waals surface area contributed by atoms with E-state index >= 15 is 0 Å². The van der Waals surface area contributed by atoms with E-state index in [0.717, 1.165) is 24.2 Å². The van der Waals surface area contributed by atoms with Gasteiger partial charge in [-0.15, -0.1) is 0 Å². The summed E-state index contributed by atoms with van der Waals surface area (Å²) in [4.78, 5) is 11.6. The molecule has 0 saturated heterocycles. The van der Waals surface area contributed by atoms with Crippen LogP contribution < -0.4 is 16.0 Å². The quantitative estimate of drug-likeness (QED) is 0.783. The molecular weight excluding hydrogens is 250 g/mol. The van der Waals surface area contributed by atoms with E-state index in [1.165, 1.54) is 32.1 Å². The summed E-state index contributed by atoms with van der Waals surface area (Å²) in [5.74, 6) is 0. The molecule has 0 aromatic heterocycles. The summed E-state index contributed by atoms with van der Waals surface area (Å²) in [6, 6.07) is 8.90. The van der Waals surface area contributed by atoms with E-state index in [9.17, 15) is 4.79 Å². The van der Waals surface area contributed by atoms with Crippen molar-refractivity contribution < 1.29 is 4.79 Å². The fraction of sp³-hybridized carbons (Fsp3) is 0.562. The topological polar surface area (TPSA) is 53.2 Å². The third-order valence-corrected chi connectivity index (χ3v) is 4.03. The number of anilines is 2. The number of rotatable bonds is 4. The van der Waals surface area contributed by atoms with E-state index in [1.54, 1.807) is 0 Å². The second kappa shape index (κ2) is 6.16. The maximum absolute atomic E-state index is 11.6. The van der Waals surface area contributed by atoms with E-state index < -0.39 is 0 Å². The van der Waals surface area contributed by atoms with Crippen molar-refractivity contribution >= 4 is 17.4 Å². The molecule has 108 valence electrons. The third kappa shape index (κ3) is 3.89. The Morgan fingerprint density at radius 2 is 1.50 bits per heavy atom. The first kappa shape index (κ1) is 13.3. The molecule has 0 heterocycles. The number of nitrogens with one attached hydrogen (secondary N) is 3. The van der Waals surface area contributed by atoms with Crippen LogP contribution in [0.25, 0.3) is 0 Å². The van der Waals surface area contributed by atoms with Gasteiger partial charge >= 0.3 is 6.03 Å². The van der Waals surface area contributed by atoms with Crippen molar-refractivity contribution in [1.29, 1.82) is 0 Å². The second-order valence-corrected chi connectivity index (χ2v) is 5.93. The van der Waals surface area contributed by atoms with Crippen molar-refractivity contribution in [1.82, 2.24) is 5.32 Å². The molecule has 0 radical (unpaired) electrons. The Morgan fingerprint density at radius 1 is 0.850 bits per heavy atom. The molecular formula is C16H23N3O. The average molecular weight is 273 g/mol. The van der Waals surface area contributed by atoms with Gasteiger partial charge in [0.05, 0.1) is 0 Å². The molecule has 1 aromatic carbocycles. The monoisotopic (exact) mass is 273 g/mol. The molecule has 0 unspecified atom stereocenters. The minimum atomic E-state index is -0.0968. The average Bonchev–Trinajstić information content (AvgIpc) is 3.26. The van der Waals surface area contributed by atoms with Gasteiger partial charge in [-0.3, -0.25) is 0 Å². The fourth-order valence-corrected chi connectivity index (χ4v) is 2.71. The lowest BCUT2D eigenvalue weighted by atomic mass is 9.95. The molecule has 0 spiro atoms. The Morgan fingerprint density at radius 3 is 2.15 bits per heavy atom. The Kier molecular flexibility index (Phi) is 4.09. The minimum absolute atomic E-state index is 0.0968. The number of benzene rings is 1. The van der Waals surface area contributed by atoms with E-state index in [-0.39, 0.29) is 6.03 Å². The summed E-state index contributed by atoms with van der Waals surface area (Å²) in [7, 11) is 0. The van der Waals surface area contributed by atoms with Crippen LogP contribution in [0.3, 0.4) is 0 Å². The van der Waals surface area contributed by atoms with Crippen molar-refractivity contribution in [3.8, 4) is 0 Å². The lowest BCUT2D eigenvalue weighted by Gasteiger charge is -2.23. The van der Waals surface area contributed by atoms with Crippen molar-refractivity contribution in [3.63, 3.8) is 0 Å². The predicted octanol–water partition coefficient (Wildman–Crippen LogP) is 3.72. The molecule has 2 aliphatic carbocycles. The first-order valence-electron chi connectivity index (χ1n) is 7.74. The standard InChI is InChI=1S/C16H23N3O/c20-16(19-15-10-11-15)18-14-8-6-13(7-9-14)17-12-4-2-1-3-5-12/h6-9,12,15,17H,1-5,10-11H2,(H2,18,19,20). The number of amides is 2. The van der Waals surface area contributed by atoms with E-state index in [1.807, 2.05) is 24.3 Å². The maximum atomic E-state index is 11.6. The zero-order valence-corrected chi connectivity index (χ0v) is 11.8. The van der Waals surface area contributed by atoms with Gasteiger partial charge in [0.1, 0.15) is 0 Å². The Labute approximate surface area is 120 Å². The van der Waals surface area contributed by atoms with Gasteiger partial charge in [-0.1, -0.05) is 19.3 Å². The van der Waals surface area contributed by atoms with Crippen LogP contribution in [0.4, 0.5) is 16.2 Å². The van der Waals surface area contributed by atoms with Crippen LogP contribution in [0, 0.1) is 0 Å². The summed E-state index contributed by atoms with van der Waals surface area (Å²) in [6.45, 7) is 0. The van der Waals surface area contributed by atoms with Crippen molar-refractivity contribution in [2.75, 3.05) is 10.6 Å². The van der Waals surface area contributed by atoms with Gasteiger partial charge in [0.2, 0.25) is 0 Å². The molecule has 2 aliphatic rings. The van der Waals surface area contributed by atoms with Crippen molar-refractivity contribution in [2.45, 2.75) is 57.0 Å². The predicted molar refractivity (Wildman–Crippen MR) is 82.1 cm³/mol. The zero-order chi connectivity index (χ0) is 13.8. The summed E-state index contributed by atoms with van der Waals surface area (Å²) < 4.78 is 0. The van der Waals surface area contributed by atoms with Crippen LogP contribution in [0.1, 0.15) is 44.9 Å². The molecule has 4 heteroatoms. The van der Waals surface area contributed by atoms with Crippen LogP contribution in [0.15, 0.2) is 24.3 Å². The smallest absolute Gasteiger partial charge is 0.319 e. The molecule has 20 heavy (non-hydrogen) atoms. The molecule has 3 rings (SSSR count). The van der Waals surface area contributed by atoms with E-state index in [0.29, 0.717) is 12.1 Å². The van der Waals surface area contributed by atoms with Gasteiger partial charge in [-0.2, -0.15) is 0 Å². The largest absolute Gasteiger partial charge is 0.382 e. The van der Waals surface area contributed by atoms with Crippen LogP contribution in [-0.4, -0.2) is 18.1 Å². The van der Waals surface area contributed by atoms with Crippen LogP contribution >= 0.6 is 0 Å². The number of carbonyl (C=O) groups excluding carboxylic acids is 1. The maximum Gasteiger partial charge on any atom is 0.319 e. The van der Waals surface area contributed by atoms with Gasteiger partial charge in [0.25, 0.3) is 0 Å². The highest BCUT2D eigenvalue weighted by Crippen LogP contribution is 2.23. The summed E-state index contributed by atoms with van der Waals surface area (Å²) in [5, 5.41) is 9.36. The van der Waals surface area contributed by atoms with Gasteiger partial charge in [-0.05, 0) is 49.9 Å². The van der Waals surface area contributed by atoms with Crippen LogP contribution in [-0.2, 0) is 0 Å². The fourth-order valence-electron chi connectivity index (χ4n) is 2.71. The van der Waals surface area contributed by atoms with Gasteiger partial charge in [0, 0.05) is 23.5 Å². The van der Waals surface area contributed by atoms with Gasteiger partial charge in [0.15, 0.2) is 0 Å². The minimum Gasteiger partial charge on any atom is -0.382 e. The lowest BCUT2D eigenvalue weighted by Crippen LogP contribution is -2.30. The van der Waals surface area contributed by atoms with Crippen LogP contribution in [0.5, 0.6) is 0 Å². The van der Waals surface area contributed by atoms with Gasteiger partial charge in [-0.25, -0.2) is 4.79 Å². The highest BCUT2D eigenvalue weighted by atomic mass is 16.2. The number of hydrogen-bond acceptors (Lipinski definition) is 2. The molecule has 2 saturated carbocycles. The first-order valence-corrected chi connectivity index (χ1v) is 7.74. The molecule has 1 aromatic rings. The molecule has 0 atom stereocenters. The summed E-state index contributed by atoms with van der Waals surface area (Å²) >= 11 is 0. The molecule has 4 nitrogen and oxygen atoms in total. The molecule has 0 aliphatic heterocycles. The van der Waals surface area contributed by atoms with Crippen molar-refractivity contribution in [3.05, 3.63) is 24.3 Å². The Hall–Kier alpha value is -1.71. The molecule has 2 amide bonds. The number of urea groups is 1. The SMILES string of the molecule is O=C(Nc1ccc(NC2CCCCC2)cc1)NC1CC1. The zero-order valence-electron chi connectivity index (χ0n) is 11.8. The molecule has 2 fully saturated rings. The first-order chi connectivity index (χ1) is 9.79. The third-order valence-electron chi connectivity index (χ3n) is 4.03. The van der Waals surface area contributed by atoms with Crippen molar-refractivity contribution in [2.24, 2.45) is 0 Å². The van der Waals surface area contributed by atoms with Gasteiger partial charge < -0.3 is 16.0 Å². The lowest BCUT2D eigenvalue weighted by molar-refractivity contribution is 0.251. The van der Waals surface area contributed by atoms with Crippen LogP contribution in [0.2, 0.25) is 0 Å². The highest BCUT2D eigenvalue weighted by molar-refractivity contribution is 5.89. The normalized spacial score (nSPS) is 19.4. The van der Waals surface area contributed by atoms with E-state index in [2.05, 4.69) is 16.0 Å². The highest BCUT2D eigenvalue weighted by Gasteiger charge is 2.23. The number of hydrogen-bond donors (Lipinski definition) is 3. The molecule has 0 bridgehead atoms. The summed E-state index contributed by atoms with van der Waals surface area (Å²) in [5.41, 5.74) is 1.99.